The van der Waals surface area contributed by atoms with E-state index < -0.39 is 11.6 Å². The van der Waals surface area contributed by atoms with Crippen molar-refractivity contribution >= 4 is 17.7 Å². The highest BCUT2D eigenvalue weighted by atomic mass is 16.5. The lowest BCUT2D eigenvalue weighted by Gasteiger charge is -2.51. The predicted molar refractivity (Wildman–Crippen MR) is 161 cm³/mol. The van der Waals surface area contributed by atoms with Gasteiger partial charge in [0.25, 0.3) is 5.91 Å². The van der Waals surface area contributed by atoms with Crippen molar-refractivity contribution in [1.82, 2.24) is 20.4 Å². The van der Waals surface area contributed by atoms with Gasteiger partial charge in [-0.3, -0.25) is 19.3 Å². The fourth-order valence-corrected chi connectivity index (χ4v) is 5.94. The maximum absolute atomic E-state index is 13.7. The molecule has 0 saturated carbocycles. The van der Waals surface area contributed by atoms with Gasteiger partial charge in [0.2, 0.25) is 11.8 Å². The Bertz CT molecular complexity index is 1430. The van der Waals surface area contributed by atoms with Crippen molar-refractivity contribution in [1.29, 1.82) is 0 Å². The number of pyridine rings is 1. The van der Waals surface area contributed by atoms with E-state index in [1.54, 1.807) is 49.5 Å². The smallest absolute Gasteiger partial charge is 0.251 e. The molecule has 2 aromatic carbocycles. The lowest BCUT2D eigenvalue weighted by Crippen LogP contribution is -2.73. The molecule has 2 aliphatic heterocycles. The molecule has 0 bridgehead atoms. The molecule has 0 radical (unpaired) electrons. The van der Waals surface area contributed by atoms with Crippen molar-refractivity contribution in [2.45, 2.75) is 57.2 Å². The minimum absolute atomic E-state index is 0.107. The average molecular weight is 586 g/mol. The molecule has 10 nitrogen and oxygen atoms in total. The van der Waals surface area contributed by atoms with Crippen molar-refractivity contribution in [2.75, 3.05) is 26.7 Å². The van der Waals surface area contributed by atoms with E-state index in [1.807, 2.05) is 29.2 Å². The van der Waals surface area contributed by atoms with E-state index in [4.69, 9.17) is 4.74 Å². The molecule has 0 aliphatic carbocycles. The van der Waals surface area contributed by atoms with Crippen molar-refractivity contribution in [3.05, 3.63) is 95.0 Å². The monoisotopic (exact) mass is 585 g/mol. The first-order valence-corrected chi connectivity index (χ1v) is 14.9. The first-order chi connectivity index (χ1) is 20.8. The molecule has 1 aromatic heterocycles. The fourth-order valence-electron chi connectivity index (χ4n) is 5.94. The highest BCUT2D eigenvalue weighted by Crippen LogP contribution is 2.34. The fraction of sp³-hybridized carbons (Fsp3) is 0.394. The zero-order chi connectivity index (χ0) is 30.4. The molecule has 2 fully saturated rings. The standard InChI is InChI=1S/C33H39N5O5/c1-3-4-18-37-31(40)29(22-26-7-5-6-19-38(26)42)35-32(41)33(37)16-20-36(21-17-33)23-24-8-12-27(13-9-24)43-28-14-10-25(11-15-28)30(39)34-2/h5-15,19,29H,3-4,16-18,20-23H2,1-2H3,(H,34,39)(H,35,41). The molecule has 1 spiro atoms. The Labute approximate surface area is 252 Å². The van der Waals surface area contributed by atoms with Gasteiger partial charge in [-0.05, 0) is 61.2 Å². The summed E-state index contributed by atoms with van der Waals surface area (Å²) in [5.41, 5.74) is 1.28. The Morgan fingerprint density at radius 1 is 1.05 bits per heavy atom. The van der Waals surface area contributed by atoms with Gasteiger partial charge in [-0.2, -0.15) is 4.73 Å². The van der Waals surface area contributed by atoms with Crippen molar-refractivity contribution in [2.24, 2.45) is 0 Å². The third-order valence-corrected chi connectivity index (χ3v) is 8.45. The van der Waals surface area contributed by atoms with Crippen LogP contribution in [-0.2, 0) is 22.6 Å². The Hall–Kier alpha value is -4.44. The van der Waals surface area contributed by atoms with Crippen LogP contribution in [0.5, 0.6) is 11.5 Å². The van der Waals surface area contributed by atoms with Crippen LogP contribution >= 0.6 is 0 Å². The van der Waals surface area contributed by atoms with Crippen LogP contribution in [0.2, 0.25) is 0 Å². The number of carbonyl (C=O) groups excluding carboxylic acids is 3. The molecule has 1 atom stereocenters. The van der Waals surface area contributed by atoms with Gasteiger partial charge in [-0.25, -0.2) is 0 Å². The van der Waals surface area contributed by atoms with Gasteiger partial charge in [-0.1, -0.05) is 31.5 Å². The van der Waals surface area contributed by atoms with E-state index in [1.165, 1.54) is 6.20 Å². The largest absolute Gasteiger partial charge is 0.619 e. The van der Waals surface area contributed by atoms with Gasteiger partial charge >= 0.3 is 0 Å². The molecular weight excluding hydrogens is 546 g/mol. The molecule has 226 valence electrons. The van der Waals surface area contributed by atoms with Crippen LogP contribution < -0.4 is 20.1 Å². The summed E-state index contributed by atoms with van der Waals surface area (Å²) in [4.78, 5) is 43.2. The maximum atomic E-state index is 13.7. The number of rotatable bonds is 10. The number of hydrogen-bond acceptors (Lipinski definition) is 6. The van der Waals surface area contributed by atoms with E-state index in [0.29, 0.717) is 55.2 Å². The molecule has 1 unspecified atom stereocenters. The summed E-state index contributed by atoms with van der Waals surface area (Å²) in [6.45, 7) is 4.69. The number of likely N-dealkylation sites (tertiary alicyclic amines) is 1. The van der Waals surface area contributed by atoms with Crippen LogP contribution in [0.1, 0.15) is 54.2 Å². The zero-order valence-electron chi connectivity index (χ0n) is 24.8. The highest BCUT2D eigenvalue weighted by Gasteiger charge is 2.53. The first kappa shape index (κ1) is 30.0. The quantitative estimate of drug-likeness (QED) is 0.279. The second-order valence-electron chi connectivity index (χ2n) is 11.2. The van der Waals surface area contributed by atoms with E-state index in [9.17, 15) is 19.6 Å². The number of benzene rings is 2. The Balaban J connectivity index is 1.20. The van der Waals surface area contributed by atoms with E-state index in [2.05, 4.69) is 22.5 Å². The maximum Gasteiger partial charge on any atom is 0.251 e. The molecule has 2 N–H and O–H groups in total. The number of amides is 3. The van der Waals surface area contributed by atoms with Crippen molar-refractivity contribution in [3.8, 4) is 11.5 Å². The van der Waals surface area contributed by atoms with Crippen LogP contribution in [-0.4, -0.2) is 65.8 Å². The lowest BCUT2D eigenvalue weighted by atomic mass is 9.81. The topological polar surface area (TPSA) is 118 Å². The molecule has 43 heavy (non-hydrogen) atoms. The second-order valence-corrected chi connectivity index (χ2v) is 11.2. The van der Waals surface area contributed by atoms with Crippen LogP contribution in [0.15, 0.2) is 72.9 Å². The molecule has 3 aromatic rings. The van der Waals surface area contributed by atoms with Gasteiger partial charge < -0.3 is 25.5 Å². The predicted octanol–water partition coefficient (Wildman–Crippen LogP) is 3.18. The number of aromatic nitrogens is 1. The number of nitrogens with one attached hydrogen (secondary N) is 2. The van der Waals surface area contributed by atoms with E-state index in [-0.39, 0.29) is 24.1 Å². The third-order valence-electron chi connectivity index (χ3n) is 8.45. The van der Waals surface area contributed by atoms with Crippen molar-refractivity contribution in [3.63, 3.8) is 0 Å². The number of unbranched alkanes of at least 4 members (excludes halogenated alkanes) is 1. The Morgan fingerprint density at radius 3 is 2.35 bits per heavy atom. The van der Waals surface area contributed by atoms with Gasteiger partial charge in [0.05, 0.1) is 6.42 Å². The number of piperazine rings is 1. The highest BCUT2D eigenvalue weighted by molar-refractivity contribution is 6.00. The third kappa shape index (κ3) is 6.64. The second kappa shape index (κ2) is 13.2. The number of piperidine rings is 1. The molecule has 5 rings (SSSR count). The molecule has 3 heterocycles. The summed E-state index contributed by atoms with van der Waals surface area (Å²) >= 11 is 0. The number of ether oxygens (including phenoxy) is 1. The lowest BCUT2D eigenvalue weighted by molar-refractivity contribution is -0.614. The zero-order valence-corrected chi connectivity index (χ0v) is 24.8. The number of nitrogens with zero attached hydrogens (tertiary/aromatic N) is 3. The van der Waals surface area contributed by atoms with Gasteiger partial charge in [0.1, 0.15) is 23.1 Å². The van der Waals surface area contributed by atoms with Crippen LogP contribution in [0.3, 0.4) is 0 Å². The average Bonchev–Trinajstić information content (AvgIpc) is 3.03. The number of hydrogen-bond donors (Lipinski definition) is 2. The van der Waals surface area contributed by atoms with Gasteiger partial charge in [0.15, 0.2) is 11.9 Å². The molecule has 2 aliphatic rings. The Kier molecular flexibility index (Phi) is 9.25. The summed E-state index contributed by atoms with van der Waals surface area (Å²) in [7, 11) is 1.60. The summed E-state index contributed by atoms with van der Waals surface area (Å²) in [6, 6.07) is 19.2. The van der Waals surface area contributed by atoms with Crippen LogP contribution in [0.4, 0.5) is 0 Å². The summed E-state index contributed by atoms with van der Waals surface area (Å²) in [5, 5.41) is 17.8. The summed E-state index contributed by atoms with van der Waals surface area (Å²) in [5.74, 6) is 0.975. The molecule has 10 heteroatoms. The minimum Gasteiger partial charge on any atom is -0.619 e. The van der Waals surface area contributed by atoms with Crippen molar-refractivity contribution < 1.29 is 23.9 Å². The number of carbonyl (C=O) groups is 3. The van der Waals surface area contributed by atoms with Crippen LogP contribution in [0.25, 0.3) is 0 Å². The minimum atomic E-state index is -0.867. The molecule has 2 saturated heterocycles. The SMILES string of the molecule is CCCCN1C(=O)C(Cc2cccc[n+]2[O-])NC(=O)C12CCN(Cc1ccc(Oc3ccc(C(=O)NC)cc3)cc1)CC2. The Morgan fingerprint density at radius 2 is 1.72 bits per heavy atom. The van der Waals surface area contributed by atoms with E-state index >= 15 is 0 Å². The van der Waals surface area contributed by atoms with E-state index in [0.717, 1.165) is 29.7 Å². The summed E-state index contributed by atoms with van der Waals surface area (Å²) < 4.78 is 6.69. The molecule has 3 amide bonds. The van der Waals surface area contributed by atoms with Gasteiger partial charge in [0, 0.05) is 50.9 Å². The first-order valence-electron chi connectivity index (χ1n) is 14.9. The normalized spacial score (nSPS) is 18.4. The van der Waals surface area contributed by atoms with Crippen LogP contribution in [0, 0.1) is 5.21 Å². The van der Waals surface area contributed by atoms with Gasteiger partial charge in [-0.15, -0.1) is 0 Å². The summed E-state index contributed by atoms with van der Waals surface area (Å²) in [6.07, 6.45) is 4.42. The molecular formula is C33H39N5O5.